The average molecular weight is 372 g/mol. The van der Waals surface area contributed by atoms with Gasteiger partial charge in [0, 0.05) is 18.2 Å². The number of sulfone groups is 1. The fraction of sp³-hybridized carbons (Fsp3) is 0.381. The van der Waals surface area contributed by atoms with E-state index in [1.54, 1.807) is 4.90 Å². The maximum atomic E-state index is 13.1. The minimum Gasteiger partial charge on any atom is -0.334 e. The highest BCUT2D eigenvalue weighted by Gasteiger charge is 2.35. The predicted molar refractivity (Wildman–Crippen MR) is 105 cm³/mol. The van der Waals surface area contributed by atoms with E-state index in [4.69, 9.17) is 0 Å². The third kappa shape index (κ3) is 4.33. The van der Waals surface area contributed by atoms with E-state index in [-0.39, 0.29) is 29.4 Å². The SMILES string of the molecule is CC(C)CN(C(=O)c1ccc(-c2ccccc2)cc1)C1CCS(=O)(=O)C1. The van der Waals surface area contributed by atoms with Crippen LogP contribution in [0.4, 0.5) is 0 Å². The smallest absolute Gasteiger partial charge is 0.254 e. The first-order chi connectivity index (χ1) is 12.4. The van der Waals surface area contributed by atoms with E-state index in [0.717, 1.165) is 11.1 Å². The van der Waals surface area contributed by atoms with Crippen LogP contribution in [0.3, 0.4) is 0 Å². The maximum Gasteiger partial charge on any atom is 0.254 e. The van der Waals surface area contributed by atoms with Crippen LogP contribution in [0, 0.1) is 5.92 Å². The molecule has 1 amide bonds. The summed E-state index contributed by atoms with van der Waals surface area (Å²) < 4.78 is 23.7. The molecule has 138 valence electrons. The first kappa shape index (κ1) is 18.6. The normalized spacial score (nSPS) is 18.8. The van der Waals surface area contributed by atoms with Crippen LogP contribution in [0.5, 0.6) is 0 Å². The van der Waals surface area contributed by atoms with Crippen LogP contribution >= 0.6 is 0 Å². The zero-order chi connectivity index (χ0) is 18.7. The molecule has 5 heteroatoms. The van der Waals surface area contributed by atoms with Crippen LogP contribution in [-0.4, -0.2) is 43.3 Å². The van der Waals surface area contributed by atoms with Crippen molar-refractivity contribution in [1.82, 2.24) is 4.90 Å². The van der Waals surface area contributed by atoms with Gasteiger partial charge in [0.05, 0.1) is 11.5 Å². The number of hydrogen-bond donors (Lipinski definition) is 0. The van der Waals surface area contributed by atoms with Gasteiger partial charge in [-0.1, -0.05) is 56.3 Å². The van der Waals surface area contributed by atoms with Crippen molar-refractivity contribution in [3.63, 3.8) is 0 Å². The number of carbonyl (C=O) groups excluding carboxylic acids is 1. The second kappa shape index (κ2) is 7.62. The Balaban J connectivity index is 1.82. The average Bonchev–Trinajstić information content (AvgIpc) is 2.99. The Morgan fingerprint density at radius 3 is 2.19 bits per heavy atom. The Bertz CT molecular complexity index is 858. The summed E-state index contributed by atoms with van der Waals surface area (Å²) in [6.45, 7) is 4.66. The highest BCUT2D eigenvalue weighted by Crippen LogP contribution is 2.23. The van der Waals surface area contributed by atoms with E-state index in [1.165, 1.54) is 0 Å². The van der Waals surface area contributed by atoms with Crippen LogP contribution in [0.15, 0.2) is 54.6 Å². The Morgan fingerprint density at radius 1 is 1.04 bits per heavy atom. The molecule has 0 aliphatic carbocycles. The number of nitrogens with zero attached hydrogens (tertiary/aromatic N) is 1. The Morgan fingerprint density at radius 2 is 1.65 bits per heavy atom. The first-order valence-corrected chi connectivity index (χ1v) is 10.8. The van der Waals surface area contributed by atoms with Gasteiger partial charge >= 0.3 is 0 Å². The van der Waals surface area contributed by atoms with E-state index < -0.39 is 9.84 Å². The second-order valence-corrected chi connectivity index (χ2v) is 9.58. The zero-order valence-corrected chi connectivity index (χ0v) is 16.1. The van der Waals surface area contributed by atoms with Gasteiger partial charge in [-0.2, -0.15) is 0 Å². The lowest BCUT2D eigenvalue weighted by Gasteiger charge is -2.30. The molecule has 0 spiro atoms. The first-order valence-electron chi connectivity index (χ1n) is 9.02. The summed E-state index contributed by atoms with van der Waals surface area (Å²) in [6.07, 6.45) is 0.531. The van der Waals surface area contributed by atoms with Crippen molar-refractivity contribution in [1.29, 1.82) is 0 Å². The summed E-state index contributed by atoms with van der Waals surface area (Å²) in [6, 6.07) is 17.4. The molecule has 1 heterocycles. The molecule has 4 nitrogen and oxygen atoms in total. The number of carbonyl (C=O) groups is 1. The van der Waals surface area contributed by atoms with Crippen molar-refractivity contribution in [2.45, 2.75) is 26.3 Å². The van der Waals surface area contributed by atoms with Crippen LogP contribution in [0.1, 0.15) is 30.6 Å². The molecule has 0 radical (unpaired) electrons. The molecule has 1 unspecified atom stereocenters. The number of hydrogen-bond acceptors (Lipinski definition) is 3. The summed E-state index contributed by atoms with van der Waals surface area (Å²) in [5.74, 6) is 0.450. The van der Waals surface area contributed by atoms with E-state index in [9.17, 15) is 13.2 Å². The van der Waals surface area contributed by atoms with Crippen molar-refractivity contribution < 1.29 is 13.2 Å². The summed E-state index contributed by atoms with van der Waals surface area (Å²) in [5, 5.41) is 0. The van der Waals surface area contributed by atoms with Crippen molar-refractivity contribution in [3.8, 4) is 11.1 Å². The Kier molecular flexibility index (Phi) is 5.47. The van der Waals surface area contributed by atoms with Crippen LogP contribution in [0.2, 0.25) is 0 Å². The molecule has 26 heavy (non-hydrogen) atoms. The Hall–Kier alpha value is -2.14. The summed E-state index contributed by atoms with van der Waals surface area (Å²) in [4.78, 5) is 14.8. The lowest BCUT2D eigenvalue weighted by Crippen LogP contribution is -2.43. The molecule has 1 saturated heterocycles. The van der Waals surface area contributed by atoms with Gasteiger partial charge in [-0.05, 0) is 35.6 Å². The molecule has 1 fully saturated rings. The third-order valence-electron chi connectivity index (χ3n) is 4.71. The quantitative estimate of drug-likeness (QED) is 0.806. The van der Waals surface area contributed by atoms with Gasteiger partial charge in [0.2, 0.25) is 0 Å². The predicted octanol–water partition coefficient (Wildman–Crippen LogP) is 3.64. The maximum absolute atomic E-state index is 13.1. The van der Waals surface area contributed by atoms with Gasteiger partial charge in [0.1, 0.15) is 0 Å². The fourth-order valence-corrected chi connectivity index (χ4v) is 5.14. The topological polar surface area (TPSA) is 54.5 Å². The van der Waals surface area contributed by atoms with Gasteiger partial charge in [-0.3, -0.25) is 4.79 Å². The van der Waals surface area contributed by atoms with E-state index in [2.05, 4.69) is 0 Å². The molecule has 1 atom stereocenters. The number of amides is 1. The van der Waals surface area contributed by atoms with Crippen molar-refractivity contribution in [2.24, 2.45) is 5.92 Å². The van der Waals surface area contributed by atoms with Crippen molar-refractivity contribution in [3.05, 3.63) is 60.2 Å². The lowest BCUT2D eigenvalue weighted by atomic mass is 10.0. The minimum atomic E-state index is -3.03. The molecular formula is C21H25NO3S. The standard InChI is InChI=1S/C21H25NO3S/c1-16(2)14-22(20-12-13-26(24,25)15-20)21(23)19-10-8-18(9-11-19)17-6-4-3-5-7-17/h3-11,16,20H,12-15H2,1-2H3. The molecule has 2 aromatic rings. The zero-order valence-electron chi connectivity index (χ0n) is 15.3. The molecule has 3 rings (SSSR count). The van der Waals surface area contributed by atoms with Crippen LogP contribution < -0.4 is 0 Å². The highest BCUT2D eigenvalue weighted by molar-refractivity contribution is 7.91. The van der Waals surface area contributed by atoms with Gasteiger partial charge in [0.25, 0.3) is 5.91 Å². The van der Waals surface area contributed by atoms with Gasteiger partial charge < -0.3 is 4.90 Å². The largest absolute Gasteiger partial charge is 0.334 e. The number of benzene rings is 2. The second-order valence-electron chi connectivity index (χ2n) is 7.35. The molecule has 0 saturated carbocycles. The molecule has 1 aliphatic heterocycles. The summed E-state index contributed by atoms with van der Waals surface area (Å²) >= 11 is 0. The van der Waals surface area contributed by atoms with Gasteiger partial charge in [0.15, 0.2) is 9.84 Å². The van der Waals surface area contributed by atoms with Crippen LogP contribution in [0.25, 0.3) is 11.1 Å². The third-order valence-corrected chi connectivity index (χ3v) is 6.46. The van der Waals surface area contributed by atoms with E-state index >= 15 is 0 Å². The minimum absolute atomic E-state index is 0.0769. The van der Waals surface area contributed by atoms with Crippen molar-refractivity contribution in [2.75, 3.05) is 18.1 Å². The molecule has 0 aromatic heterocycles. The summed E-state index contributed by atoms with van der Waals surface area (Å²) in [5.41, 5.74) is 2.77. The lowest BCUT2D eigenvalue weighted by molar-refractivity contribution is 0.0672. The summed E-state index contributed by atoms with van der Waals surface area (Å²) in [7, 11) is -3.03. The fourth-order valence-electron chi connectivity index (χ4n) is 3.41. The van der Waals surface area contributed by atoms with Gasteiger partial charge in [-0.25, -0.2) is 8.42 Å². The molecule has 1 aliphatic rings. The van der Waals surface area contributed by atoms with E-state index in [1.807, 2.05) is 68.4 Å². The van der Waals surface area contributed by atoms with Crippen LogP contribution in [-0.2, 0) is 9.84 Å². The van der Waals surface area contributed by atoms with E-state index in [0.29, 0.717) is 18.5 Å². The van der Waals surface area contributed by atoms with Gasteiger partial charge in [-0.15, -0.1) is 0 Å². The Labute approximate surface area is 155 Å². The molecular weight excluding hydrogens is 346 g/mol. The molecule has 0 bridgehead atoms. The number of rotatable bonds is 5. The van der Waals surface area contributed by atoms with Crippen molar-refractivity contribution >= 4 is 15.7 Å². The monoisotopic (exact) mass is 371 g/mol. The molecule has 2 aromatic carbocycles. The molecule has 0 N–H and O–H groups in total. The highest BCUT2D eigenvalue weighted by atomic mass is 32.2.